The zero-order valence-corrected chi connectivity index (χ0v) is 13.3. The summed E-state index contributed by atoms with van der Waals surface area (Å²) in [7, 11) is 0. The normalized spacial score (nSPS) is 12.0. The molecule has 1 unspecified atom stereocenters. The predicted molar refractivity (Wildman–Crippen MR) is 83.7 cm³/mol. The van der Waals surface area contributed by atoms with Gasteiger partial charge in [0, 0.05) is 5.75 Å². The van der Waals surface area contributed by atoms with Crippen molar-refractivity contribution in [2.75, 3.05) is 16.8 Å². The number of nitrogens with one attached hydrogen (secondary N) is 1. The molecule has 0 saturated heterocycles. The summed E-state index contributed by atoms with van der Waals surface area (Å²) in [5, 5.41) is 12.0. The molecule has 6 heteroatoms. The topological polar surface area (TPSA) is 66.4 Å². The van der Waals surface area contributed by atoms with Crippen molar-refractivity contribution in [1.82, 2.24) is 0 Å². The fraction of sp³-hybridized carbons (Fsp3) is 0.429. The van der Waals surface area contributed by atoms with Gasteiger partial charge in [-0.1, -0.05) is 24.6 Å². The third kappa shape index (κ3) is 5.06. The highest BCUT2D eigenvalue weighted by atomic mass is 35.5. The van der Waals surface area contributed by atoms with E-state index in [4.69, 9.17) is 16.7 Å². The molecule has 1 atom stereocenters. The van der Waals surface area contributed by atoms with Crippen LogP contribution >= 0.6 is 23.4 Å². The Morgan fingerprint density at radius 3 is 2.60 bits per heavy atom. The van der Waals surface area contributed by atoms with Crippen LogP contribution in [0.5, 0.6) is 0 Å². The monoisotopic (exact) mass is 315 g/mol. The molecule has 1 rings (SSSR count). The van der Waals surface area contributed by atoms with E-state index in [9.17, 15) is 9.59 Å². The number of aliphatic carboxylic acids is 1. The second kappa shape index (κ2) is 7.55. The fourth-order valence-electron chi connectivity index (χ4n) is 1.65. The van der Waals surface area contributed by atoms with E-state index in [1.165, 1.54) is 11.8 Å². The Balaban J connectivity index is 2.53. The average Bonchev–Trinajstić information content (AvgIpc) is 2.33. The zero-order valence-electron chi connectivity index (χ0n) is 11.7. The number of aryl methyl sites for hydroxylation is 2. The fourth-order valence-corrected chi connectivity index (χ4v) is 2.89. The highest BCUT2D eigenvalue weighted by Crippen LogP contribution is 2.27. The van der Waals surface area contributed by atoms with Gasteiger partial charge in [0.1, 0.15) is 0 Å². The standard InChI is InChI=1S/C14H18ClNO3S/c1-8-4-9(2)13(11(15)5-8)16-12(17)7-20-6-10(3)14(18)19/h4-5,10H,6-7H2,1-3H3,(H,16,17)(H,18,19). The van der Waals surface area contributed by atoms with Crippen LogP contribution in [0.15, 0.2) is 12.1 Å². The van der Waals surface area contributed by atoms with Crippen molar-refractivity contribution in [2.24, 2.45) is 5.92 Å². The van der Waals surface area contributed by atoms with Crippen LogP contribution in [0.2, 0.25) is 5.02 Å². The molecule has 0 saturated carbocycles. The molecule has 0 radical (unpaired) electrons. The number of carbonyl (C=O) groups is 2. The first kappa shape index (κ1) is 16.9. The van der Waals surface area contributed by atoms with Crippen molar-refractivity contribution in [3.05, 3.63) is 28.3 Å². The van der Waals surface area contributed by atoms with Gasteiger partial charge in [0.05, 0.1) is 22.4 Å². The van der Waals surface area contributed by atoms with Gasteiger partial charge in [-0.2, -0.15) is 11.8 Å². The van der Waals surface area contributed by atoms with E-state index < -0.39 is 11.9 Å². The van der Waals surface area contributed by atoms with E-state index in [1.807, 2.05) is 19.9 Å². The lowest BCUT2D eigenvalue weighted by Crippen LogP contribution is -2.18. The van der Waals surface area contributed by atoms with E-state index in [0.29, 0.717) is 16.5 Å². The molecule has 0 bridgehead atoms. The average molecular weight is 316 g/mol. The van der Waals surface area contributed by atoms with Crippen molar-refractivity contribution in [1.29, 1.82) is 0 Å². The van der Waals surface area contributed by atoms with Crippen molar-refractivity contribution in [3.8, 4) is 0 Å². The summed E-state index contributed by atoms with van der Waals surface area (Å²) in [4.78, 5) is 22.5. The van der Waals surface area contributed by atoms with Gasteiger partial charge >= 0.3 is 5.97 Å². The number of halogens is 1. The number of hydrogen-bond donors (Lipinski definition) is 2. The van der Waals surface area contributed by atoms with E-state index in [1.54, 1.807) is 13.0 Å². The van der Waals surface area contributed by atoms with Gasteiger partial charge in [0.2, 0.25) is 5.91 Å². The van der Waals surface area contributed by atoms with Crippen LogP contribution < -0.4 is 5.32 Å². The number of rotatable bonds is 6. The SMILES string of the molecule is Cc1cc(C)c(NC(=O)CSCC(C)C(=O)O)c(Cl)c1. The smallest absolute Gasteiger partial charge is 0.307 e. The molecule has 0 aliphatic rings. The van der Waals surface area contributed by atoms with Gasteiger partial charge < -0.3 is 10.4 Å². The first-order valence-electron chi connectivity index (χ1n) is 6.18. The van der Waals surface area contributed by atoms with Crippen LogP contribution in [0, 0.1) is 19.8 Å². The molecule has 110 valence electrons. The third-order valence-corrected chi connectivity index (χ3v) is 4.22. The van der Waals surface area contributed by atoms with Gasteiger partial charge in [-0.05, 0) is 31.0 Å². The molecule has 0 spiro atoms. The highest BCUT2D eigenvalue weighted by Gasteiger charge is 2.13. The molecule has 2 N–H and O–H groups in total. The number of benzene rings is 1. The van der Waals surface area contributed by atoms with Crippen molar-refractivity contribution < 1.29 is 14.7 Å². The van der Waals surface area contributed by atoms with Crippen LogP contribution in [0.4, 0.5) is 5.69 Å². The van der Waals surface area contributed by atoms with E-state index in [0.717, 1.165) is 11.1 Å². The minimum atomic E-state index is -0.852. The maximum absolute atomic E-state index is 11.8. The summed E-state index contributed by atoms with van der Waals surface area (Å²) in [6.45, 7) is 5.44. The summed E-state index contributed by atoms with van der Waals surface area (Å²) < 4.78 is 0. The number of carboxylic acid groups (broad SMARTS) is 1. The van der Waals surface area contributed by atoms with E-state index in [2.05, 4.69) is 5.32 Å². The minimum absolute atomic E-state index is 0.179. The summed E-state index contributed by atoms with van der Waals surface area (Å²) in [5.74, 6) is -0.876. The molecule has 0 heterocycles. The third-order valence-electron chi connectivity index (χ3n) is 2.72. The van der Waals surface area contributed by atoms with Gasteiger partial charge in [-0.15, -0.1) is 0 Å². The van der Waals surface area contributed by atoms with E-state index in [-0.39, 0.29) is 11.7 Å². The Hall–Kier alpha value is -1.20. The molecular formula is C14H18ClNO3S. The lowest BCUT2D eigenvalue weighted by molar-refractivity contribution is -0.140. The molecule has 1 amide bonds. The van der Waals surface area contributed by atoms with Crippen LogP contribution in [-0.4, -0.2) is 28.5 Å². The van der Waals surface area contributed by atoms with Gasteiger partial charge in [0.25, 0.3) is 0 Å². The van der Waals surface area contributed by atoms with Crippen molar-refractivity contribution in [2.45, 2.75) is 20.8 Å². The number of amides is 1. The maximum Gasteiger partial charge on any atom is 0.307 e. The van der Waals surface area contributed by atoms with Gasteiger partial charge in [0.15, 0.2) is 0 Å². The molecule has 1 aromatic rings. The van der Waals surface area contributed by atoms with Gasteiger partial charge in [-0.3, -0.25) is 9.59 Å². The summed E-state index contributed by atoms with van der Waals surface area (Å²) in [5.41, 5.74) is 2.57. The quantitative estimate of drug-likeness (QED) is 0.845. The van der Waals surface area contributed by atoms with Gasteiger partial charge in [-0.25, -0.2) is 0 Å². The molecule has 0 fully saturated rings. The number of thioether (sulfide) groups is 1. The molecular weight excluding hydrogens is 298 g/mol. The molecule has 1 aromatic carbocycles. The Kier molecular flexibility index (Phi) is 6.36. The molecule has 0 aliphatic carbocycles. The number of anilines is 1. The Morgan fingerprint density at radius 2 is 2.05 bits per heavy atom. The number of carboxylic acids is 1. The Bertz CT molecular complexity index is 496. The largest absolute Gasteiger partial charge is 0.481 e. The zero-order chi connectivity index (χ0) is 15.3. The van der Waals surface area contributed by atoms with Crippen LogP contribution in [-0.2, 0) is 9.59 Å². The van der Waals surface area contributed by atoms with Crippen LogP contribution in [0.1, 0.15) is 18.1 Å². The molecule has 0 aliphatic heterocycles. The van der Waals surface area contributed by atoms with Crippen molar-refractivity contribution >= 4 is 40.9 Å². The second-order valence-electron chi connectivity index (χ2n) is 4.74. The molecule has 0 aromatic heterocycles. The first-order valence-corrected chi connectivity index (χ1v) is 7.71. The molecule has 20 heavy (non-hydrogen) atoms. The second-order valence-corrected chi connectivity index (χ2v) is 6.18. The maximum atomic E-state index is 11.8. The molecule has 4 nitrogen and oxygen atoms in total. The van der Waals surface area contributed by atoms with E-state index >= 15 is 0 Å². The number of carbonyl (C=O) groups excluding carboxylic acids is 1. The lowest BCUT2D eigenvalue weighted by atomic mass is 10.1. The van der Waals surface area contributed by atoms with Crippen LogP contribution in [0.3, 0.4) is 0 Å². The minimum Gasteiger partial charge on any atom is -0.481 e. The predicted octanol–water partition coefficient (Wildman–Crippen LogP) is 3.35. The number of hydrogen-bond acceptors (Lipinski definition) is 3. The first-order chi connectivity index (χ1) is 9.31. The lowest BCUT2D eigenvalue weighted by Gasteiger charge is -2.12. The highest BCUT2D eigenvalue weighted by molar-refractivity contribution is 8.00. The summed E-state index contributed by atoms with van der Waals surface area (Å²) in [6.07, 6.45) is 0. The Morgan fingerprint density at radius 1 is 1.40 bits per heavy atom. The summed E-state index contributed by atoms with van der Waals surface area (Å²) in [6, 6.07) is 3.74. The Labute approximate surface area is 127 Å². The van der Waals surface area contributed by atoms with Crippen molar-refractivity contribution in [3.63, 3.8) is 0 Å². The van der Waals surface area contributed by atoms with Crippen LogP contribution in [0.25, 0.3) is 0 Å². The summed E-state index contributed by atoms with van der Waals surface area (Å²) >= 11 is 7.40.